The summed E-state index contributed by atoms with van der Waals surface area (Å²) in [5.74, 6) is -2.13. The summed E-state index contributed by atoms with van der Waals surface area (Å²) in [6.45, 7) is 13.5. The lowest BCUT2D eigenvalue weighted by Gasteiger charge is -2.72. The minimum atomic E-state index is -2.30. The molecule has 6 heterocycles. The van der Waals surface area contributed by atoms with Crippen molar-refractivity contribution in [2.45, 2.75) is 304 Å². The quantitative estimate of drug-likeness (QED) is 0.0478. The first-order valence-electron chi connectivity index (χ1n) is 34.2. The molecule has 6 saturated heterocycles. The molecule has 11 aliphatic rings. The highest BCUT2D eigenvalue weighted by Gasteiger charge is 2.71. The zero-order chi connectivity index (χ0) is 70.9. The minimum absolute atomic E-state index is 0.00871. The molecule has 0 unspecified atom stereocenters. The lowest BCUT2D eigenvalue weighted by atomic mass is 9.33. The fourth-order valence-corrected chi connectivity index (χ4v) is 19.2. The van der Waals surface area contributed by atoms with E-state index in [0.717, 1.165) is 0 Å². The number of aliphatic hydroxyl groups excluding tert-OH is 18. The molecule has 0 bridgehead atoms. The van der Waals surface area contributed by atoms with Crippen molar-refractivity contribution in [2.24, 2.45) is 50.2 Å². The van der Waals surface area contributed by atoms with Crippen LogP contribution in [-0.4, -0.2) is 326 Å². The molecule has 38 atom stereocenters. The lowest BCUT2D eigenvalue weighted by molar-refractivity contribution is -0.406. The largest absolute Gasteiger partial charge is 0.479 e. The Morgan fingerprint density at radius 2 is 1.03 bits per heavy atom. The number of hydrogen-bond donors (Lipinski definition) is 19. The molecule has 19 N–H and O–H groups in total. The van der Waals surface area contributed by atoms with Crippen molar-refractivity contribution < 1.29 is 159 Å². The number of carbonyl (C=O) groups is 1. The Kier molecular flexibility index (Phi) is 22.4. The van der Waals surface area contributed by atoms with Gasteiger partial charge in [0.15, 0.2) is 43.8 Å². The molecule has 0 aromatic carbocycles. The first-order chi connectivity index (χ1) is 45.4. The zero-order valence-electron chi connectivity index (χ0n) is 55.9. The van der Waals surface area contributed by atoms with Gasteiger partial charge < -0.3 is 154 Å². The topological polar surface area (TPSA) is 512 Å². The first-order valence-corrected chi connectivity index (χ1v) is 34.2. The van der Waals surface area contributed by atoms with Crippen LogP contribution in [0, 0.1) is 50.2 Å². The molecule has 0 spiro atoms. The van der Waals surface area contributed by atoms with E-state index < -0.39 is 250 Å². The third kappa shape index (κ3) is 13.2. The number of allylic oxidation sites excluding steroid dienone is 2. The normalized spacial score (nSPS) is 54.5. The maximum Gasteiger partial charge on any atom is 0.335 e. The third-order valence-electron chi connectivity index (χ3n) is 25.3. The predicted octanol–water partition coefficient (Wildman–Crippen LogP) is -5.18. The monoisotopic (exact) mass is 1400 g/mol. The summed E-state index contributed by atoms with van der Waals surface area (Å²) in [7, 11) is 0. The molecule has 32 heteroatoms. The summed E-state index contributed by atoms with van der Waals surface area (Å²) in [6.07, 6.45) is -47.0. The van der Waals surface area contributed by atoms with E-state index in [1.165, 1.54) is 12.5 Å². The number of hydrogen-bond acceptors (Lipinski definition) is 31. The van der Waals surface area contributed by atoms with Crippen LogP contribution in [0.5, 0.6) is 0 Å². The molecule has 97 heavy (non-hydrogen) atoms. The third-order valence-corrected chi connectivity index (χ3v) is 25.3. The highest BCUT2D eigenvalue weighted by atomic mass is 16.8. The van der Waals surface area contributed by atoms with E-state index in [1.807, 2.05) is 13.8 Å². The van der Waals surface area contributed by atoms with E-state index in [4.69, 9.17) is 56.8 Å². The Morgan fingerprint density at radius 3 is 1.65 bits per heavy atom. The molecule has 32 nitrogen and oxygen atoms in total. The van der Waals surface area contributed by atoms with E-state index in [-0.39, 0.29) is 29.8 Å². The minimum Gasteiger partial charge on any atom is -0.479 e. The Labute approximate surface area is 561 Å². The maximum absolute atomic E-state index is 13.3. The van der Waals surface area contributed by atoms with Crippen molar-refractivity contribution in [3.05, 3.63) is 11.6 Å². The summed E-state index contributed by atoms with van der Waals surface area (Å²) in [4.78, 5) is 13.3. The van der Waals surface area contributed by atoms with Crippen LogP contribution in [0.15, 0.2) is 11.6 Å². The van der Waals surface area contributed by atoms with Gasteiger partial charge in [-0.3, -0.25) is 0 Å². The van der Waals surface area contributed by atoms with Crippen LogP contribution in [0.2, 0.25) is 0 Å². The second-order valence-electron chi connectivity index (χ2n) is 31.7. The van der Waals surface area contributed by atoms with Crippen LogP contribution in [-0.2, 0) is 61.6 Å². The molecular weight excluding hydrogens is 1290 g/mol. The van der Waals surface area contributed by atoms with Gasteiger partial charge in [-0.1, -0.05) is 60.1 Å². The number of aliphatic hydroxyl groups is 18. The molecule has 0 aromatic rings. The maximum atomic E-state index is 13.3. The molecule has 5 aliphatic carbocycles. The van der Waals surface area contributed by atoms with Gasteiger partial charge in [0.2, 0.25) is 0 Å². The summed E-state index contributed by atoms with van der Waals surface area (Å²) in [5.41, 5.74) is -2.26. The molecule has 0 radical (unpaired) electrons. The molecule has 10 fully saturated rings. The average molecular weight is 1400 g/mol. The van der Waals surface area contributed by atoms with Crippen LogP contribution in [0.3, 0.4) is 0 Å². The Morgan fingerprint density at radius 1 is 0.505 bits per heavy atom. The molecule has 4 saturated carbocycles. The second-order valence-corrected chi connectivity index (χ2v) is 31.7. The van der Waals surface area contributed by atoms with E-state index in [9.17, 15) is 102 Å². The highest BCUT2D eigenvalue weighted by Crippen LogP contribution is 2.76. The van der Waals surface area contributed by atoms with Gasteiger partial charge in [-0.15, -0.1) is 0 Å². The van der Waals surface area contributed by atoms with Crippen LogP contribution < -0.4 is 0 Å². The van der Waals surface area contributed by atoms with E-state index >= 15 is 0 Å². The Balaban J connectivity index is 0.882. The van der Waals surface area contributed by atoms with Crippen molar-refractivity contribution in [2.75, 3.05) is 33.0 Å². The van der Waals surface area contributed by atoms with Crippen LogP contribution in [0.1, 0.15) is 113 Å². The number of carboxylic acids is 1. The van der Waals surface area contributed by atoms with Gasteiger partial charge in [-0.05, 0) is 110 Å². The molecular formula is C65H106O32. The number of carboxylic acid groups (broad SMARTS) is 1. The van der Waals surface area contributed by atoms with Crippen LogP contribution >= 0.6 is 0 Å². The van der Waals surface area contributed by atoms with Gasteiger partial charge in [0.05, 0.1) is 51.3 Å². The van der Waals surface area contributed by atoms with Crippen molar-refractivity contribution in [1.82, 2.24) is 0 Å². The zero-order valence-corrected chi connectivity index (χ0v) is 55.9. The van der Waals surface area contributed by atoms with Gasteiger partial charge in [0, 0.05) is 5.41 Å². The molecule has 0 aromatic heterocycles. The molecule has 0 amide bonds. The average Bonchev–Trinajstić information content (AvgIpc) is 0.673. The lowest BCUT2D eigenvalue weighted by Crippen LogP contribution is -2.69. The van der Waals surface area contributed by atoms with Crippen LogP contribution in [0.25, 0.3) is 0 Å². The van der Waals surface area contributed by atoms with E-state index in [2.05, 4.69) is 40.7 Å². The van der Waals surface area contributed by atoms with Crippen molar-refractivity contribution in [3.63, 3.8) is 0 Å². The van der Waals surface area contributed by atoms with E-state index in [0.29, 0.717) is 57.8 Å². The smallest absolute Gasteiger partial charge is 0.335 e. The van der Waals surface area contributed by atoms with Crippen molar-refractivity contribution >= 4 is 5.97 Å². The number of rotatable bonds is 17. The molecule has 6 aliphatic heterocycles. The van der Waals surface area contributed by atoms with Crippen LogP contribution in [0.4, 0.5) is 0 Å². The van der Waals surface area contributed by atoms with Gasteiger partial charge in [-0.25, -0.2) is 4.79 Å². The fraction of sp³-hybridized carbons (Fsp3) is 0.954. The summed E-state index contributed by atoms with van der Waals surface area (Å²) in [6, 6.07) is 0. The number of ether oxygens (including phenoxy) is 12. The summed E-state index contributed by atoms with van der Waals surface area (Å²) >= 11 is 0. The first kappa shape index (κ1) is 76.1. The fourth-order valence-electron chi connectivity index (χ4n) is 19.2. The van der Waals surface area contributed by atoms with Crippen molar-refractivity contribution in [1.29, 1.82) is 0 Å². The highest BCUT2D eigenvalue weighted by molar-refractivity contribution is 5.73. The number of fused-ring (bicyclic) bond motifs is 7. The van der Waals surface area contributed by atoms with E-state index in [1.54, 1.807) is 0 Å². The number of aliphatic carboxylic acids is 1. The van der Waals surface area contributed by atoms with Gasteiger partial charge in [-0.2, -0.15) is 0 Å². The Bertz CT molecular complexity index is 2730. The van der Waals surface area contributed by atoms with Crippen molar-refractivity contribution in [3.8, 4) is 0 Å². The predicted molar refractivity (Wildman–Crippen MR) is 322 cm³/mol. The molecule has 558 valence electrons. The molecule has 11 rings (SSSR count). The standard InChI is InChI=1S/C65H106O32/c1-24-35(71)40(76)45(81)55(88-24)96-51-43(79)39(75)30(21-68)91-58(51)93-48-47(83)49(53(84)85)94-59(52(48)97-56-46(82)41(77)37(73)28(19-66)89-56)92-34-12-13-62(6)31(61(34,4)5)11-14-63(7)32(62)10-9-25-26-17-60(2,3)15-16-65(26,33(70)18-64(25,63)8)23-87-57-50(42(78)38(74)29(20-67)90-57)95-54-44(80)36(72)27(69)22-86-54/h9,24,26-52,54-59,66-83H,10-23H2,1-8H3,(H,84,85)/t24-,26-,27-,28-,29-,30-,31+,32-,33-,34+,35-,36+,37-,38-,39-,40+,41+,42+,43+,44-,45-,46-,47+,48+,49+,50-,51-,52-,54+,55+,56+,57-,58+,59-,62+,63-,64-,65+/m0/s1. The van der Waals surface area contributed by atoms with Gasteiger partial charge in [0.25, 0.3) is 0 Å². The summed E-state index contributed by atoms with van der Waals surface area (Å²) in [5, 5.41) is 209. The van der Waals surface area contributed by atoms with Gasteiger partial charge >= 0.3 is 5.97 Å². The van der Waals surface area contributed by atoms with Gasteiger partial charge in [0.1, 0.15) is 128 Å². The summed E-state index contributed by atoms with van der Waals surface area (Å²) < 4.78 is 73.6. The SMILES string of the molecule is C[C@@H]1O[C@H](O[C@@H]2[C@@H](O[C@@H]3[C@@H](O)[C@H](C(=O)O)O[C@H](O[C@@H]4CC[C@]5(C)[C@H](CC[C@@]6(C)[C@H]5CC=C5[C@@H]7CC(C)(C)CC[C@]7(CO[C@H]7O[C@@H](CO)[C@H](O)[C@@H](O)[C@@H]7O[C@H]7OC[C@H](O)[C@@H](O)[C@@H]7O)[C@@H](O)C[C@@]56C)C4(C)C)[C@H]3O[C@H]3O[C@@H](CO)[C@H](O)[C@@H](O)[C@@H]3O)O[C@@H](CO)[C@H](O)[C@H]2O)[C@@H](O)[C@H](O)[C@H]1O. The Hall–Kier alpha value is -1.99. The second kappa shape index (κ2) is 28.5.